The summed E-state index contributed by atoms with van der Waals surface area (Å²) >= 11 is -2.30. The number of anilines is 1. The van der Waals surface area contributed by atoms with Gasteiger partial charge in [-0.15, -0.1) is 0 Å². The molecule has 0 aliphatic heterocycles. The fraction of sp³-hybridized carbons (Fsp3) is 0.381. The number of aromatic carboxylic acids is 1. The van der Waals surface area contributed by atoms with Crippen molar-refractivity contribution >= 4 is 22.7 Å². The highest BCUT2D eigenvalue weighted by molar-refractivity contribution is 7.79. The lowest BCUT2D eigenvalue weighted by Crippen LogP contribution is -2.27. The van der Waals surface area contributed by atoms with Gasteiger partial charge in [0.05, 0.1) is 10.5 Å². The quantitative estimate of drug-likeness (QED) is 0.557. The van der Waals surface area contributed by atoms with E-state index >= 15 is 0 Å². The molecule has 1 atom stereocenters. The zero-order valence-corrected chi connectivity index (χ0v) is 16.7. The van der Waals surface area contributed by atoms with E-state index in [4.69, 9.17) is 0 Å². The molecule has 0 heterocycles. The Hall–Kier alpha value is -2.18. The van der Waals surface area contributed by atoms with Crippen molar-refractivity contribution < 1.29 is 18.7 Å². The van der Waals surface area contributed by atoms with Gasteiger partial charge in [0.25, 0.3) is 0 Å². The van der Waals surface area contributed by atoms with Crippen LogP contribution in [-0.2, 0) is 11.1 Å². The lowest BCUT2D eigenvalue weighted by atomic mass is 9.99. The van der Waals surface area contributed by atoms with Gasteiger partial charge in [-0.25, -0.2) is 9.00 Å². The first-order valence-electron chi connectivity index (χ1n) is 9.32. The summed E-state index contributed by atoms with van der Waals surface area (Å²) in [5, 5.41) is 9.51. The van der Waals surface area contributed by atoms with Crippen LogP contribution in [0.2, 0.25) is 0 Å². The molecule has 0 fully saturated rings. The van der Waals surface area contributed by atoms with E-state index in [9.17, 15) is 18.7 Å². The largest absolute Gasteiger partial charge is 0.478 e. The fourth-order valence-electron chi connectivity index (χ4n) is 3.06. The van der Waals surface area contributed by atoms with E-state index in [1.54, 1.807) is 6.07 Å². The molecule has 1 unspecified atom stereocenters. The first-order chi connectivity index (χ1) is 13.0. The summed E-state index contributed by atoms with van der Waals surface area (Å²) in [4.78, 5) is 13.9. The minimum atomic E-state index is -2.30. The molecule has 5 nitrogen and oxygen atoms in total. The Balaban J connectivity index is 2.73. The molecule has 0 bridgehead atoms. The van der Waals surface area contributed by atoms with E-state index in [-0.39, 0.29) is 10.5 Å². The van der Waals surface area contributed by atoms with E-state index in [0.29, 0.717) is 11.3 Å². The molecule has 27 heavy (non-hydrogen) atoms. The van der Waals surface area contributed by atoms with Gasteiger partial charge in [0.2, 0.25) is 0 Å². The van der Waals surface area contributed by atoms with Crippen LogP contribution in [-0.4, -0.2) is 32.9 Å². The highest BCUT2D eigenvalue weighted by Gasteiger charge is 2.22. The molecule has 6 heteroatoms. The lowest BCUT2D eigenvalue weighted by Gasteiger charge is -2.28. The van der Waals surface area contributed by atoms with Crippen molar-refractivity contribution in [3.8, 4) is 11.1 Å². The third-order valence-corrected chi connectivity index (χ3v) is 5.18. The summed E-state index contributed by atoms with van der Waals surface area (Å²) < 4.78 is 22.0. The van der Waals surface area contributed by atoms with Crippen LogP contribution in [0.15, 0.2) is 47.4 Å². The van der Waals surface area contributed by atoms with Gasteiger partial charge in [-0.05, 0) is 30.5 Å². The van der Waals surface area contributed by atoms with Crippen LogP contribution in [0.4, 0.5) is 5.69 Å². The average Bonchev–Trinajstić information content (AvgIpc) is 2.67. The van der Waals surface area contributed by atoms with Crippen molar-refractivity contribution in [3.05, 3.63) is 48.0 Å². The molecule has 146 valence electrons. The molecule has 0 saturated carbocycles. The van der Waals surface area contributed by atoms with Crippen molar-refractivity contribution in [2.24, 2.45) is 0 Å². The first-order valence-corrected chi connectivity index (χ1v) is 10.4. The Labute approximate surface area is 163 Å². The van der Waals surface area contributed by atoms with Crippen LogP contribution in [0, 0.1) is 0 Å². The number of hydrogen-bond acceptors (Lipinski definition) is 3. The zero-order valence-electron chi connectivity index (χ0n) is 15.9. The summed E-state index contributed by atoms with van der Waals surface area (Å²) in [5.41, 5.74) is 2.17. The third kappa shape index (κ3) is 5.40. The van der Waals surface area contributed by atoms with Crippen LogP contribution < -0.4 is 4.90 Å². The number of carboxylic acids is 1. The highest BCUT2D eigenvalue weighted by Crippen LogP contribution is 2.37. The van der Waals surface area contributed by atoms with Gasteiger partial charge in [0.15, 0.2) is 11.1 Å². The number of unbranched alkanes of at least 4 members (excludes halogenated alkanes) is 2. The SMILES string of the molecule is CCCCN(CCCC)c1cc(C(=O)O)cc(S(=O)O)c1-c1ccccc1. The standard InChI is InChI=1S/C21H27NO4S/c1-3-5-12-22(13-6-4-2)18-14-17(21(23)24)15-19(27(25)26)20(18)16-10-8-7-9-11-16/h7-11,14-15H,3-6,12-13H2,1-2H3,(H,23,24)(H,25,26). The van der Waals surface area contributed by atoms with Crippen LogP contribution in [0.3, 0.4) is 0 Å². The smallest absolute Gasteiger partial charge is 0.335 e. The Morgan fingerprint density at radius 2 is 1.63 bits per heavy atom. The predicted octanol–water partition coefficient (Wildman–Crippen LogP) is 5.04. The monoisotopic (exact) mass is 389 g/mol. The maximum Gasteiger partial charge on any atom is 0.335 e. The van der Waals surface area contributed by atoms with E-state index in [0.717, 1.165) is 44.3 Å². The number of carbonyl (C=O) groups is 1. The molecule has 0 spiro atoms. The number of hydrogen-bond donors (Lipinski definition) is 2. The van der Waals surface area contributed by atoms with Gasteiger partial charge >= 0.3 is 5.97 Å². The molecule has 0 aliphatic rings. The summed E-state index contributed by atoms with van der Waals surface area (Å²) in [6.45, 7) is 5.77. The number of carboxylic acid groups (broad SMARTS) is 1. The van der Waals surface area contributed by atoms with Crippen LogP contribution >= 0.6 is 0 Å². The predicted molar refractivity (Wildman–Crippen MR) is 110 cm³/mol. The summed E-state index contributed by atoms with van der Waals surface area (Å²) in [5.74, 6) is -1.10. The van der Waals surface area contributed by atoms with Gasteiger partial charge in [-0.1, -0.05) is 57.0 Å². The molecule has 0 saturated heterocycles. The molecule has 2 N–H and O–H groups in total. The number of nitrogens with zero attached hydrogens (tertiary/aromatic N) is 1. The van der Waals surface area contributed by atoms with Gasteiger partial charge < -0.3 is 14.6 Å². The Kier molecular flexibility index (Phi) is 8.00. The van der Waals surface area contributed by atoms with Crippen molar-refractivity contribution in [3.63, 3.8) is 0 Å². The first kappa shape index (κ1) is 21.1. The maximum absolute atomic E-state index is 12.1. The molecule has 0 amide bonds. The van der Waals surface area contributed by atoms with E-state index in [2.05, 4.69) is 18.7 Å². The number of benzene rings is 2. The van der Waals surface area contributed by atoms with Gasteiger partial charge in [0, 0.05) is 24.3 Å². The van der Waals surface area contributed by atoms with E-state index in [1.807, 2.05) is 30.3 Å². The van der Waals surface area contributed by atoms with Crippen LogP contribution in [0.25, 0.3) is 11.1 Å². The van der Waals surface area contributed by atoms with Crippen molar-refractivity contribution in [2.45, 2.75) is 44.4 Å². The number of rotatable bonds is 10. The molecule has 0 radical (unpaired) electrons. The third-order valence-electron chi connectivity index (χ3n) is 4.48. The van der Waals surface area contributed by atoms with Crippen molar-refractivity contribution in [2.75, 3.05) is 18.0 Å². The molecule has 0 aliphatic carbocycles. The topological polar surface area (TPSA) is 77.8 Å². The second kappa shape index (κ2) is 10.2. The Morgan fingerprint density at radius 3 is 2.11 bits per heavy atom. The second-order valence-electron chi connectivity index (χ2n) is 6.48. The zero-order chi connectivity index (χ0) is 19.8. The fourth-order valence-corrected chi connectivity index (χ4v) is 3.68. The Bertz CT molecular complexity index is 784. The summed E-state index contributed by atoms with van der Waals surface area (Å²) in [6.07, 6.45) is 3.96. The molecular formula is C21H27NO4S. The van der Waals surface area contributed by atoms with Gasteiger partial charge in [-0.2, -0.15) is 0 Å². The van der Waals surface area contributed by atoms with E-state index in [1.165, 1.54) is 6.07 Å². The lowest BCUT2D eigenvalue weighted by molar-refractivity contribution is 0.0696. The van der Waals surface area contributed by atoms with E-state index < -0.39 is 17.0 Å². The van der Waals surface area contributed by atoms with Crippen LogP contribution in [0.1, 0.15) is 49.9 Å². The van der Waals surface area contributed by atoms with Crippen molar-refractivity contribution in [1.29, 1.82) is 0 Å². The van der Waals surface area contributed by atoms with Gasteiger partial charge in [-0.3, -0.25) is 0 Å². The second-order valence-corrected chi connectivity index (χ2v) is 7.42. The molecule has 2 aromatic carbocycles. The van der Waals surface area contributed by atoms with Crippen molar-refractivity contribution in [1.82, 2.24) is 0 Å². The maximum atomic E-state index is 12.1. The molecular weight excluding hydrogens is 362 g/mol. The molecule has 2 rings (SSSR count). The summed E-state index contributed by atoms with van der Waals surface area (Å²) in [6, 6.07) is 12.3. The molecule has 2 aromatic rings. The normalized spacial score (nSPS) is 12.0. The minimum absolute atomic E-state index is 0.0279. The highest BCUT2D eigenvalue weighted by atomic mass is 32.2. The average molecular weight is 390 g/mol. The van der Waals surface area contributed by atoms with Gasteiger partial charge in [0.1, 0.15) is 0 Å². The van der Waals surface area contributed by atoms with Crippen LogP contribution in [0.5, 0.6) is 0 Å². The summed E-state index contributed by atoms with van der Waals surface area (Å²) in [7, 11) is 0. The molecule has 0 aromatic heterocycles. The minimum Gasteiger partial charge on any atom is -0.478 e. The Morgan fingerprint density at radius 1 is 1.04 bits per heavy atom.